The maximum absolute atomic E-state index is 12.5. The van der Waals surface area contributed by atoms with Gasteiger partial charge in [0.05, 0.1) is 39.1 Å². The maximum Gasteiger partial charge on any atom is 0.217 e. The lowest BCUT2D eigenvalue weighted by Gasteiger charge is -2.50. The van der Waals surface area contributed by atoms with E-state index < -0.39 is 192 Å². The Hall–Kier alpha value is -2.22. The predicted octanol–water partition coefficient (Wildman–Crippen LogP) is -9.31. The van der Waals surface area contributed by atoms with Crippen molar-refractivity contribution >= 4 is 5.91 Å². The zero-order chi connectivity index (χ0) is 49.3. The molecule has 5 aliphatic heterocycles. The van der Waals surface area contributed by atoms with E-state index in [1.165, 1.54) is 0 Å². The lowest BCUT2D eigenvalue weighted by molar-refractivity contribution is -0.388. The SMILES string of the molecule is CC(=O)NC1C(O[C@@H]2OC(CO)[C@H](O)C(O)C2O)[C@@H](O)C(CO)O[C@H]1OC1C(O)[C@@H](O[C@H]2C(CO)O[C@@H](O[C@@H]3C(CN=[N+]=[N-])O[C@@H](OCCCCCN)C(O)C3O)C(O)C2O)OC(CO)[C@@H]1O. The van der Waals surface area contributed by atoms with Gasteiger partial charge in [-0.05, 0) is 31.3 Å². The Morgan fingerprint density at radius 3 is 1.54 bits per heavy atom. The molecule has 0 aromatic carbocycles. The first-order valence-electron chi connectivity index (χ1n) is 21.7. The molecule has 5 rings (SSSR count). The molecule has 5 aliphatic rings. The third-order valence-corrected chi connectivity index (χ3v) is 12.0. The summed E-state index contributed by atoms with van der Waals surface area (Å²) in [5.41, 5.74) is 14.5. The maximum atomic E-state index is 12.5. The van der Waals surface area contributed by atoms with Crippen LogP contribution in [0.1, 0.15) is 26.2 Å². The van der Waals surface area contributed by atoms with Crippen LogP contribution in [0, 0.1) is 0 Å². The van der Waals surface area contributed by atoms with Gasteiger partial charge >= 0.3 is 0 Å². The molecule has 0 aromatic heterocycles. The van der Waals surface area contributed by atoms with Crippen molar-refractivity contribution in [1.82, 2.24) is 5.32 Å². The molecular formula is C37H65N5O25. The highest BCUT2D eigenvalue weighted by Gasteiger charge is 2.57. The Balaban J connectivity index is 1.32. The number of nitrogens with zero attached hydrogens (tertiary/aromatic N) is 3. The number of rotatable bonds is 21. The summed E-state index contributed by atoms with van der Waals surface area (Å²) in [6.07, 6.45) is -41.5. The van der Waals surface area contributed by atoms with Crippen molar-refractivity contribution in [2.75, 3.05) is 46.1 Å². The Morgan fingerprint density at radius 2 is 0.985 bits per heavy atom. The number of amides is 1. The quantitative estimate of drug-likeness (QED) is 0.0220. The first-order valence-corrected chi connectivity index (χ1v) is 21.7. The lowest BCUT2D eigenvalue weighted by Crippen LogP contribution is -2.70. The van der Waals surface area contributed by atoms with Crippen LogP contribution in [-0.4, -0.2) is 277 Å². The van der Waals surface area contributed by atoms with E-state index in [-0.39, 0.29) is 6.61 Å². The van der Waals surface area contributed by atoms with Crippen molar-refractivity contribution in [3.05, 3.63) is 10.4 Å². The first-order chi connectivity index (χ1) is 32.0. The number of aliphatic hydroxyl groups is 14. The van der Waals surface area contributed by atoms with Gasteiger partial charge in [-0.3, -0.25) is 4.79 Å². The van der Waals surface area contributed by atoms with E-state index in [9.17, 15) is 76.3 Å². The Bertz CT molecular complexity index is 1560. The molecule has 0 radical (unpaired) electrons. The van der Waals surface area contributed by atoms with E-state index in [0.29, 0.717) is 19.4 Å². The van der Waals surface area contributed by atoms with Crippen LogP contribution >= 0.6 is 0 Å². The van der Waals surface area contributed by atoms with Gasteiger partial charge in [0.15, 0.2) is 31.5 Å². The molecule has 25 atom stereocenters. The van der Waals surface area contributed by atoms with Crippen LogP contribution in [0.15, 0.2) is 5.11 Å². The van der Waals surface area contributed by atoms with Gasteiger partial charge in [-0.1, -0.05) is 5.11 Å². The number of nitrogens with two attached hydrogens (primary N) is 1. The number of nitrogens with one attached hydrogen (secondary N) is 1. The largest absolute Gasteiger partial charge is 0.394 e. The Labute approximate surface area is 381 Å². The molecule has 1 amide bonds. The number of carbonyl (C=O) groups is 1. The van der Waals surface area contributed by atoms with E-state index in [2.05, 4.69) is 15.3 Å². The van der Waals surface area contributed by atoms with E-state index in [1.807, 2.05) is 0 Å². The summed E-state index contributed by atoms with van der Waals surface area (Å²) in [6.45, 7) is -2.63. The van der Waals surface area contributed by atoms with E-state index >= 15 is 0 Å². The number of ether oxygens (including phenoxy) is 10. The highest BCUT2D eigenvalue weighted by molar-refractivity contribution is 5.73. The topological polar surface area (TPSA) is 479 Å². The molecule has 0 spiro atoms. The van der Waals surface area contributed by atoms with Gasteiger partial charge < -0.3 is 130 Å². The number of aliphatic hydroxyl groups excluding tert-OH is 14. The van der Waals surface area contributed by atoms with Crippen molar-refractivity contribution in [2.24, 2.45) is 10.8 Å². The fraction of sp³-hybridized carbons (Fsp3) is 0.973. The van der Waals surface area contributed by atoms with Crippen molar-refractivity contribution in [1.29, 1.82) is 0 Å². The number of carbonyl (C=O) groups excluding carboxylic acids is 1. The molecule has 0 aliphatic carbocycles. The molecule has 0 aromatic rings. The second kappa shape index (κ2) is 25.8. The van der Waals surface area contributed by atoms with E-state index in [4.69, 9.17) is 58.6 Å². The van der Waals surface area contributed by atoms with Gasteiger partial charge in [0.25, 0.3) is 0 Å². The fourth-order valence-corrected chi connectivity index (χ4v) is 8.29. The van der Waals surface area contributed by atoms with Crippen LogP contribution in [0.2, 0.25) is 0 Å². The van der Waals surface area contributed by atoms with Gasteiger partial charge in [0, 0.05) is 18.4 Å². The molecule has 0 saturated carbocycles. The van der Waals surface area contributed by atoms with Crippen LogP contribution < -0.4 is 11.1 Å². The minimum Gasteiger partial charge on any atom is -0.394 e. The van der Waals surface area contributed by atoms with Crippen LogP contribution in [0.5, 0.6) is 0 Å². The summed E-state index contributed by atoms with van der Waals surface area (Å²) >= 11 is 0. The third kappa shape index (κ3) is 13.0. The molecule has 5 fully saturated rings. The highest BCUT2D eigenvalue weighted by atomic mass is 16.8. The van der Waals surface area contributed by atoms with Crippen molar-refractivity contribution in [3.8, 4) is 0 Å². The average Bonchev–Trinajstić information content (AvgIpc) is 3.31. The Kier molecular flexibility index (Phi) is 21.4. The van der Waals surface area contributed by atoms with Crippen molar-refractivity contribution in [3.63, 3.8) is 0 Å². The van der Waals surface area contributed by atoms with Crippen molar-refractivity contribution < 1.29 is 124 Å². The summed E-state index contributed by atoms with van der Waals surface area (Å²) < 4.78 is 57.2. The summed E-state index contributed by atoms with van der Waals surface area (Å²) in [5, 5.41) is 156. The average molecular weight is 980 g/mol. The van der Waals surface area contributed by atoms with Gasteiger partial charge in [-0.25, -0.2) is 0 Å². The summed E-state index contributed by atoms with van der Waals surface area (Å²) in [6, 6.07) is -1.68. The summed E-state index contributed by atoms with van der Waals surface area (Å²) in [7, 11) is 0. The monoisotopic (exact) mass is 979 g/mol. The number of hydrogen-bond donors (Lipinski definition) is 16. The highest BCUT2D eigenvalue weighted by Crippen LogP contribution is 2.36. The molecule has 17 N–H and O–H groups in total. The minimum atomic E-state index is -2.16. The fourth-order valence-electron chi connectivity index (χ4n) is 8.29. The smallest absolute Gasteiger partial charge is 0.217 e. The number of azide groups is 1. The van der Waals surface area contributed by atoms with Gasteiger partial charge in [0.2, 0.25) is 5.91 Å². The molecule has 388 valence electrons. The van der Waals surface area contributed by atoms with Gasteiger partial charge in [-0.2, -0.15) is 0 Å². The number of unbranched alkanes of at least 4 members (excludes halogenated alkanes) is 2. The molecular weight excluding hydrogens is 914 g/mol. The molecule has 30 heteroatoms. The first kappa shape index (κ1) is 55.7. The minimum absolute atomic E-state index is 0.110. The second-order valence-corrected chi connectivity index (χ2v) is 16.6. The zero-order valence-corrected chi connectivity index (χ0v) is 36.2. The normalized spacial score (nSPS) is 46.1. The predicted molar refractivity (Wildman–Crippen MR) is 212 cm³/mol. The van der Waals surface area contributed by atoms with Gasteiger partial charge in [-0.15, -0.1) is 0 Å². The van der Waals surface area contributed by atoms with Crippen LogP contribution in [0.3, 0.4) is 0 Å². The number of hydrogen-bond acceptors (Lipinski definition) is 27. The van der Waals surface area contributed by atoms with Crippen LogP contribution in [0.4, 0.5) is 0 Å². The molecule has 30 nitrogen and oxygen atoms in total. The summed E-state index contributed by atoms with van der Waals surface area (Å²) in [5.74, 6) is -0.806. The van der Waals surface area contributed by atoms with Crippen LogP contribution in [0.25, 0.3) is 10.4 Å². The second-order valence-electron chi connectivity index (χ2n) is 16.6. The summed E-state index contributed by atoms with van der Waals surface area (Å²) in [4.78, 5) is 15.2. The molecule has 67 heavy (non-hydrogen) atoms. The zero-order valence-electron chi connectivity index (χ0n) is 36.2. The van der Waals surface area contributed by atoms with Crippen LogP contribution in [-0.2, 0) is 52.2 Å². The lowest BCUT2D eigenvalue weighted by atomic mass is 9.94. The Morgan fingerprint density at radius 1 is 0.537 bits per heavy atom. The van der Waals surface area contributed by atoms with E-state index in [0.717, 1.165) is 13.3 Å². The van der Waals surface area contributed by atoms with Gasteiger partial charge in [0.1, 0.15) is 116 Å². The van der Waals surface area contributed by atoms with Crippen molar-refractivity contribution in [2.45, 2.75) is 180 Å². The van der Waals surface area contributed by atoms with E-state index in [1.54, 1.807) is 0 Å². The molecule has 5 heterocycles. The third-order valence-electron chi connectivity index (χ3n) is 12.0. The molecule has 15 unspecified atom stereocenters. The molecule has 0 bridgehead atoms. The standard InChI is InChI=1S/C37H65N5O25/c1-12(47)41-18-31(66-35-25(54)22(51)19(48)14(8-43)61-35)20(49)15(9-44)60-33(18)67-32-21(50)16(10-45)62-37(28(32)57)65-30-17(11-46)63-36(27(56)24(30)53)64-29-13(7-40-42-39)59-34(26(55)23(29)52)58-6-4-2-3-5-38/h13-37,43-46,48-57H,2-11,38H2,1H3,(H,41,47)/t13?,14?,15?,16?,17?,18?,19-,20-,21-,22?,23?,24?,25?,26?,27?,28?,29+,30-,31?,32?,33-,34+,35-,36-,37+/m0/s1. The molecule has 5 saturated heterocycles.